The van der Waals surface area contributed by atoms with E-state index in [0.29, 0.717) is 36.0 Å². The molecule has 29 heavy (non-hydrogen) atoms. The first-order valence-corrected chi connectivity index (χ1v) is 11.6. The molecule has 0 aliphatic rings. The topological polar surface area (TPSA) is 75.7 Å². The Hall–Kier alpha value is -2.25. The molecule has 0 radical (unpaired) electrons. The number of nitrogens with one attached hydrogen (secondary N) is 1. The van der Waals surface area contributed by atoms with E-state index >= 15 is 0 Å². The van der Waals surface area contributed by atoms with Gasteiger partial charge >= 0.3 is 0 Å². The highest BCUT2D eigenvalue weighted by Crippen LogP contribution is 2.24. The molecular weight excluding hydrogens is 412 g/mol. The number of carbonyl (C=O) groups excluding carboxylic acids is 1. The Morgan fingerprint density at radius 1 is 1.14 bits per heavy atom. The lowest BCUT2D eigenvalue weighted by Gasteiger charge is -2.24. The predicted octanol–water partition coefficient (Wildman–Crippen LogP) is 3.70. The van der Waals surface area contributed by atoms with Crippen molar-refractivity contribution in [2.75, 3.05) is 30.3 Å². The lowest BCUT2D eigenvalue weighted by atomic mass is 10.1. The van der Waals surface area contributed by atoms with E-state index in [4.69, 9.17) is 16.3 Å². The average molecular weight is 439 g/mol. The van der Waals surface area contributed by atoms with Crippen LogP contribution in [0.4, 0.5) is 5.69 Å². The number of carbonyl (C=O) groups is 1. The number of anilines is 1. The summed E-state index contributed by atoms with van der Waals surface area (Å²) in [5.41, 5.74) is 2.52. The average Bonchev–Trinajstić information content (AvgIpc) is 2.65. The maximum absolute atomic E-state index is 12.2. The Morgan fingerprint density at radius 3 is 2.48 bits per heavy atom. The standard InChI is InChI=1S/C21H27ClN2O4S/c1-16-6-7-17(2)20(15-16)24(29(3,26)27)13-4-5-21(25)23-12-14-28-19-10-8-18(22)9-11-19/h6-11,15H,4-5,12-14H2,1-3H3,(H,23,25). The van der Waals surface area contributed by atoms with Gasteiger partial charge in [-0.05, 0) is 61.7 Å². The van der Waals surface area contributed by atoms with E-state index in [1.54, 1.807) is 24.3 Å². The summed E-state index contributed by atoms with van der Waals surface area (Å²) < 4.78 is 31.4. The van der Waals surface area contributed by atoms with Gasteiger partial charge < -0.3 is 10.1 Å². The van der Waals surface area contributed by atoms with Gasteiger partial charge in [0.1, 0.15) is 12.4 Å². The molecule has 0 heterocycles. The van der Waals surface area contributed by atoms with Crippen molar-refractivity contribution < 1.29 is 17.9 Å². The summed E-state index contributed by atoms with van der Waals surface area (Å²) in [4.78, 5) is 12.0. The van der Waals surface area contributed by atoms with Gasteiger partial charge in [0.25, 0.3) is 0 Å². The van der Waals surface area contributed by atoms with E-state index in [9.17, 15) is 13.2 Å². The van der Waals surface area contributed by atoms with Gasteiger partial charge in [0.15, 0.2) is 0 Å². The second kappa shape index (κ2) is 10.5. The van der Waals surface area contributed by atoms with Gasteiger partial charge in [0.2, 0.25) is 15.9 Å². The first-order valence-electron chi connectivity index (χ1n) is 9.37. The molecule has 2 aromatic carbocycles. The molecule has 1 N–H and O–H groups in total. The molecule has 0 saturated heterocycles. The lowest BCUT2D eigenvalue weighted by Crippen LogP contribution is -2.33. The van der Waals surface area contributed by atoms with Crippen LogP contribution >= 0.6 is 11.6 Å². The molecule has 0 bridgehead atoms. The Balaban J connectivity index is 1.79. The van der Waals surface area contributed by atoms with E-state index < -0.39 is 10.0 Å². The van der Waals surface area contributed by atoms with Gasteiger partial charge in [-0.3, -0.25) is 9.10 Å². The summed E-state index contributed by atoms with van der Waals surface area (Å²) in [5.74, 6) is 0.542. The van der Waals surface area contributed by atoms with E-state index in [-0.39, 0.29) is 18.9 Å². The van der Waals surface area contributed by atoms with Gasteiger partial charge in [-0.2, -0.15) is 0 Å². The molecular formula is C21H27ClN2O4S. The van der Waals surface area contributed by atoms with Crippen molar-refractivity contribution in [2.45, 2.75) is 26.7 Å². The molecule has 0 atom stereocenters. The first kappa shape index (κ1) is 23.0. The number of amides is 1. The highest BCUT2D eigenvalue weighted by molar-refractivity contribution is 7.92. The van der Waals surface area contributed by atoms with Crippen molar-refractivity contribution in [1.82, 2.24) is 5.32 Å². The zero-order valence-electron chi connectivity index (χ0n) is 16.9. The van der Waals surface area contributed by atoms with Crippen LogP contribution in [0, 0.1) is 13.8 Å². The third kappa shape index (κ3) is 7.59. The van der Waals surface area contributed by atoms with Crippen molar-refractivity contribution in [1.29, 1.82) is 0 Å². The van der Waals surface area contributed by atoms with Crippen molar-refractivity contribution in [3.8, 4) is 5.75 Å². The Kier molecular flexibility index (Phi) is 8.34. The molecule has 1 amide bonds. The van der Waals surface area contributed by atoms with Crippen LogP contribution in [-0.4, -0.2) is 40.3 Å². The molecule has 0 aromatic heterocycles. The highest BCUT2D eigenvalue weighted by Gasteiger charge is 2.19. The summed E-state index contributed by atoms with van der Waals surface area (Å²) in [6.07, 6.45) is 1.84. The summed E-state index contributed by atoms with van der Waals surface area (Å²) in [6, 6.07) is 12.7. The molecule has 8 heteroatoms. The number of aryl methyl sites for hydroxylation is 2. The number of rotatable bonds is 10. The Morgan fingerprint density at radius 2 is 1.83 bits per heavy atom. The Bertz CT molecular complexity index is 930. The van der Waals surface area contributed by atoms with Gasteiger partial charge in [-0.1, -0.05) is 23.7 Å². The Labute approximate surface area is 177 Å². The zero-order valence-corrected chi connectivity index (χ0v) is 18.5. The second-order valence-corrected chi connectivity index (χ2v) is 9.22. The molecule has 0 unspecified atom stereocenters. The van der Waals surface area contributed by atoms with Crippen LogP contribution in [0.1, 0.15) is 24.0 Å². The van der Waals surface area contributed by atoms with Crippen molar-refractivity contribution in [2.24, 2.45) is 0 Å². The van der Waals surface area contributed by atoms with Crippen LogP contribution < -0.4 is 14.4 Å². The monoisotopic (exact) mass is 438 g/mol. The molecule has 0 aliphatic carbocycles. The van der Waals surface area contributed by atoms with E-state index in [1.807, 2.05) is 32.0 Å². The molecule has 0 spiro atoms. The number of hydrogen-bond acceptors (Lipinski definition) is 4. The minimum Gasteiger partial charge on any atom is -0.492 e. The van der Waals surface area contributed by atoms with Crippen LogP contribution in [0.3, 0.4) is 0 Å². The van der Waals surface area contributed by atoms with Crippen molar-refractivity contribution >= 4 is 33.2 Å². The highest BCUT2D eigenvalue weighted by atomic mass is 35.5. The largest absolute Gasteiger partial charge is 0.492 e. The number of sulfonamides is 1. The first-order chi connectivity index (χ1) is 13.7. The van der Waals surface area contributed by atoms with Gasteiger partial charge in [0, 0.05) is 18.0 Å². The zero-order chi connectivity index (χ0) is 21.4. The van der Waals surface area contributed by atoms with Crippen LogP contribution in [0.2, 0.25) is 5.02 Å². The number of nitrogens with zero attached hydrogens (tertiary/aromatic N) is 1. The fraction of sp³-hybridized carbons (Fsp3) is 0.381. The van der Waals surface area contributed by atoms with Crippen LogP contribution in [-0.2, 0) is 14.8 Å². The fourth-order valence-electron chi connectivity index (χ4n) is 2.81. The molecule has 158 valence electrons. The quantitative estimate of drug-likeness (QED) is 0.574. The SMILES string of the molecule is Cc1ccc(C)c(N(CCCC(=O)NCCOc2ccc(Cl)cc2)S(C)(=O)=O)c1. The number of hydrogen-bond donors (Lipinski definition) is 1. The minimum absolute atomic E-state index is 0.140. The number of benzene rings is 2. The van der Waals surface area contributed by atoms with Crippen LogP contribution in [0.25, 0.3) is 0 Å². The molecule has 0 fully saturated rings. The third-order valence-electron chi connectivity index (χ3n) is 4.31. The summed E-state index contributed by atoms with van der Waals surface area (Å²) in [7, 11) is -3.44. The summed E-state index contributed by atoms with van der Waals surface area (Å²) in [5, 5.41) is 3.41. The molecule has 0 aliphatic heterocycles. The van der Waals surface area contributed by atoms with E-state index in [1.165, 1.54) is 10.6 Å². The van der Waals surface area contributed by atoms with Crippen molar-refractivity contribution in [3.05, 3.63) is 58.6 Å². The lowest BCUT2D eigenvalue weighted by molar-refractivity contribution is -0.121. The molecule has 2 aromatic rings. The number of halogens is 1. The van der Waals surface area contributed by atoms with Crippen molar-refractivity contribution in [3.63, 3.8) is 0 Å². The predicted molar refractivity (Wildman–Crippen MR) is 117 cm³/mol. The molecule has 2 rings (SSSR count). The maximum atomic E-state index is 12.2. The van der Waals surface area contributed by atoms with Gasteiger partial charge in [0.05, 0.1) is 18.5 Å². The fourth-order valence-corrected chi connectivity index (χ4v) is 3.96. The summed E-state index contributed by atoms with van der Waals surface area (Å²) in [6.45, 7) is 4.75. The smallest absolute Gasteiger partial charge is 0.232 e. The number of ether oxygens (including phenoxy) is 1. The van der Waals surface area contributed by atoms with Crippen LogP contribution in [0.15, 0.2) is 42.5 Å². The maximum Gasteiger partial charge on any atom is 0.232 e. The molecule has 6 nitrogen and oxygen atoms in total. The third-order valence-corrected chi connectivity index (χ3v) is 5.74. The van der Waals surface area contributed by atoms with Gasteiger partial charge in [-0.25, -0.2) is 8.42 Å². The second-order valence-electron chi connectivity index (χ2n) is 6.88. The van der Waals surface area contributed by atoms with E-state index in [0.717, 1.165) is 11.1 Å². The normalized spacial score (nSPS) is 11.2. The van der Waals surface area contributed by atoms with E-state index in [2.05, 4.69) is 5.32 Å². The summed E-state index contributed by atoms with van der Waals surface area (Å²) >= 11 is 5.82. The van der Waals surface area contributed by atoms with Crippen LogP contribution in [0.5, 0.6) is 5.75 Å². The molecule has 0 saturated carbocycles. The van der Waals surface area contributed by atoms with Gasteiger partial charge in [-0.15, -0.1) is 0 Å². The minimum atomic E-state index is -3.44.